The van der Waals surface area contributed by atoms with Crippen molar-refractivity contribution in [1.82, 2.24) is 24.8 Å². The number of amides is 2. The SMILES string of the molecule is Cn1ccnc1[C@H](NC(=O)[C@@H](Cc1cn(C)c2ccccc12)NC(=O)OC(C)(C)C)c1ccccc1. The van der Waals surface area contributed by atoms with E-state index in [1.54, 1.807) is 27.0 Å². The van der Waals surface area contributed by atoms with Gasteiger partial charge in [-0.25, -0.2) is 9.78 Å². The zero-order valence-electron chi connectivity index (χ0n) is 21.4. The molecular weight excluding hydrogens is 454 g/mol. The third kappa shape index (κ3) is 5.76. The van der Waals surface area contributed by atoms with Gasteiger partial charge in [0.15, 0.2) is 0 Å². The van der Waals surface area contributed by atoms with Gasteiger partial charge < -0.3 is 24.5 Å². The predicted molar refractivity (Wildman–Crippen MR) is 139 cm³/mol. The van der Waals surface area contributed by atoms with Gasteiger partial charge in [-0.05, 0) is 38.0 Å². The Morgan fingerprint density at radius 3 is 2.33 bits per heavy atom. The molecule has 4 rings (SSSR count). The number of rotatable bonds is 7. The first kappa shape index (κ1) is 25.0. The van der Waals surface area contributed by atoms with E-state index in [1.165, 1.54) is 0 Å². The lowest BCUT2D eigenvalue weighted by Gasteiger charge is -2.25. The van der Waals surface area contributed by atoms with Crippen molar-refractivity contribution in [2.75, 3.05) is 0 Å². The molecule has 0 spiro atoms. The zero-order chi connectivity index (χ0) is 25.9. The normalized spacial score (nSPS) is 13.2. The largest absolute Gasteiger partial charge is 0.444 e. The molecule has 0 saturated carbocycles. The number of alkyl carbamates (subject to hydrolysis) is 1. The summed E-state index contributed by atoms with van der Waals surface area (Å²) < 4.78 is 9.37. The summed E-state index contributed by atoms with van der Waals surface area (Å²) in [6.07, 6.45) is 5.19. The van der Waals surface area contributed by atoms with Crippen LogP contribution in [-0.2, 0) is 30.0 Å². The molecule has 188 valence electrons. The number of hydrogen-bond acceptors (Lipinski definition) is 4. The number of para-hydroxylation sites is 1. The summed E-state index contributed by atoms with van der Waals surface area (Å²) in [6, 6.07) is 16.3. The lowest BCUT2D eigenvalue weighted by atomic mass is 10.0. The minimum absolute atomic E-state index is 0.300. The van der Waals surface area contributed by atoms with Crippen LogP contribution in [0.15, 0.2) is 73.2 Å². The number of carbonyl (C=O) groups excluding carboxylic acids is 2. The second-order valence-electron chi connectivity index (χ2n) is 9.93. The van der Waals surface area contributed by atoms with Crippen LogP contribution in [-0.4, -0.2) is 37.8 Å². The molecule has 8 heteroatoms. The van der Waals surface area contributed by atoms with Crippen LogP contribution in [0.2, 0.25) is 0 Å². The van der Waals surface area contributed by atoms with E-state index in [-0.39, 0.29) is 5.91 Å². The Hall–Kier alpha value is -4.07. The molecule has 4 aromatic rings. The zero-order valence-corrected chi connectivity index (χ0v) is 21.4. The highest BCUT2D eigenvalue weighted by molar-refractivity contribution is 5.89. The van der Waals surface area contributed by atoms with Crippen molar-refractivity contribution < 1.29 is 14.3 Å². The van der Waals surface area contributed by atoms with Gasteiger partial charge in [0.05, 0.1) is 0 Å². The quantitative estimate of drug-likeness (QED) is 0.408. The number of ether oxygens (including phenoxy) is 1. The monoisotopic (exact) mass is 487 g/mol. The van der Waals surface area contributed by atoms with Crippen molar-refractivity contribution in [2.24, 2.45) is 14.1 Å². The standard InChI is InChI=1S/C28H33N5O3/c1-28(2,3)36-27(35)30-22(17-20-18-33(5)23-14-10-9-13-21(20)23)26(34)31-24(19-11-7-6-8-12-19)25-29-15-16-32(25)4/h6-16,18,22,24H,17H2,1-5H3,(H,30,35)(H,31,34)/t22-,24-/m1/s1. The van der Waals surface area contributed by atoms with Gasteiger partial charge in [0.25, 0.3) is 0 Å². The van der Waals surface area contributed by atoms with Crippen LogP contribution in [0.4, 0.5) is 4.79 Å². The Morgan fingerprint density at radius 1 is 0.972 bits per heavy atom. The summed E-state index contributed by atoms with van der Waals surface area (Å²) in [5.41, 5.74) is 2.21. The summed E-state index contributed by atoms with van der Waals surface area (Å²) >= 11 is 0. The molecule has 36 heavy (non-hydrogen) atoms. The van der Waals surface area contributed by atoms with Gasteiger partial charge in [0.1, 0.15) is 23.5 Å². The minimum Gasteiger partial charge on any atom is -0.444 e. The minimum atomic E-state index is -0.864. The Labute approximate surface area is 211 Å². The molecule has 2 atom stereocenters. The van der Waals surface area contributed by atoms with Crippen LogP contribution in [0.25, 0.3) is 10.9 Å². The third-order valence-corrected chi connectivity index (χ3v) is 5.95. The molecule has 0 fully saturated rings. The van der Waals surface area contributed by atoms with Crippen molar-refractivity contribution >= 4 is 22.9 Å². The molecular formula is C28H33N5O3. The fraction of sp³-hybridized carbons (Fsp3) is 0.321. The number of benzene rings is 2. The number of aromatic nitrogens is 3. The molecule has 2 N–H and O–H groups in total. The fourth-order valence-electron chi connectivity index (χ4n) is 4.31. The van der Waals surface area contributed by atoms with Crippen LogP contribution in [0, 0.1) is 0 Å². The van der Waals surface area contributed by atoms with Crippen LogP contribution in [0.3, 0.4) is 0 Å². The van der Waals surface area contributed by atoms with E-state index >= 15 is 0 Å². The van der Waals surface area contributed by atoms with E-state index in [9.17, 15) is 9.59 Å². The van der Waals surface area contributed by atoms with Crippen LogP contribution in [0.5, 0.6) is 0 Å². The summed E-state index contributed by atoms with van der Waals surface area (Å²) in [7, 11) is 3.85. The number of aryl methyl sites for hydroxylation is 2. The smallest absolute Gasteiger partial charge is 0.408 e. The molecule has 0 radical (unpaired) electrons. The highest BCUT2D eigenvalue weighted by atomic mass is 16.6. The van der Waals surface area contributed by atoms with Crippen molar-refractivity contribution in [3.8, 4) is 0 Å². The maximum absolute atomic E-state index is 13.8. The summed E-state index contributed by atoms with van der Waals surface area (Å²) in [5.74, 6) is 0.362. The molecule has 2 aromatic carbocycles. The Morgan fingerprint density at radius 2 is 1.67 bits per heavy atom. The molecule has 2 heterocycles. The van der Waals surface area contributed by atoms with Crippen molar-refractivity contribution in [3.05, 3.63) is 90.1 Å². The maximum atomic E-state index is 13.8. The highest BCUT2D eigenvalue weighted by Crippen LogP contribution is 2.24. The second-order valence-corrected chi connectivity index (χ2v) is 9.93. The average Bonchev–Trinajstić information content (AvgIpc) is 3.39. The average molecular weight is 488 g/mol. The van der Waals surface area contributed by atoms with Crippen molar-refractivity contribution in [2.45, 2.75) is 44.9 Å². The first-order chi connectivity index (χ1) is 17.1. The van der Waals surface area contributed by atoms with Gasteiger partial charge in [0.2, 0.25) is 5.91 Å². The molecule has 0 aliphatic heterocycles. The number of fused-ring (bicyclic) bond motifs is 1. The van der Waals surface area contributed by atoms with Gasteiger partial charge in [-0.1, -0.05) is 48.5 Å². The van der Waals surface area contributed by atoms with Gasteiger partial charge in [-0.2, -0.15) is 0 Å². The van der Waals surface area contributed by atoms with E-state index in [4.69, 9.17) is 4.74 Å². The molecule has 0 saturated heterocycles. The van der Waals surface area contributed by atoms with Gasteiger partial charge in [-0.15, -0.1) is 0 Å². The number of nitrogens with one attached hydrogen (secondary N) is 2. The molecule has 0 aliphatic carbocycles. The number of hydrogen-bond donors (Lipinski definition) is 2. The van der Waals surface area contributed by atoms with E-state index < -0.39 is 23.8 Å². The van der Waals surface area contributed by atoms with Crippen LogP contribution in [0.1, 0.15) is 43.8 Å². The summed E-state index contributed by atoms with van der Waals surface area (Å²) in [4.78, 5) is 31.0. The summed E-state index contributed by atoms with van der Waals surface area (Å²) in [6.45, 7) is 5.37. The number of carbonyl (C=O) groups is 2. The van der Waals surface area contributed by atoms with Crippen molar-refractivity contribution in [1.29, 1.82) is 0 Å². The van der Waals surface area contributed by atoms with E-state index in [0.717, 1.165) is 22.0 Å². The Bertz CT molecular complexity index is 1350. The van der Waals surface area contributed by atoms with Crippen LogP contribution < -0.4 is 10.6 Å². The topological polar surface area (TPSA) is 90.2 Å². The van der Waals surface area contributed by atoms with Crippen molar-refractivity contribution in [3.63, 3.8) is 0 Å². The highest BCUT2D eigenvalue weighted by Gasteiger charge is 2.29. The first-order valence-electron chi connectivity index (χ1n) is 12.0. The molecule has 0 unspecified atom stereocenters. The maximum Gasteiger partial charge on any atom is 0.408 e. The molecule has 2 aromatic heterocycles. The molecule has 0 bridgehead atoms. The Kier molecular flexibility index (Phi) is 7.15. The lowest BCUT2D eigenvalue weighted by molar-refractivity contribution is -0.123. The van der Waals surface area contributed by atoms with Gasteiger partial charge in [-0.3, -0.25) is 4.79 Å². The predicted octanol–water partition coefficient (Wildman–Crippen LogP) is 4.25. The van der Waals surface area contributed by atoms with Gasteiger partial charge >= 0.3 is 6.09 Å². The van der Waals surface area contributed by atoms with Crippen LogP contribution >= 0.6 is 0 Å². The first-order valence-corrected chi connectivity index (χ1v) is 12.0. The van der Waals surface area contributed by atoms with E-state index in [0.29, 0.717) is 12.2 Å². The molecule has 8 nitrogen and oxygen atoms in total. The molecule has 2 amide bonds. The van der Waals surface area contributed by atoms with Gasteiger partial charge in [0, 0.05) is 50.0 Å². The van der Waals surface area contributed by atoms with E-state index in [2.05, 4.69) is 15.6 Å². The van der Waals surface area contributed by atoms with E-state index in [1.807, 2.05) is 90.2 Å². The second kappa shape index (κ2) is 10.3. The fourth-order valence-corrected chi connectivity index (χ4v) is 4.31. The Balaban J connectivity index is 1.66. The lowest BCUT2D eigenvalue weighted by Crippen LogP contribution is -2.50. The number of nitrogens with zero attached hydrogens (tertiary/aromatic N) is 3. The third-order valence-electron chi connectivity index (χ3n) is 5.95. The molecule has 0 aliphatic rings. The summed E-state index contributed by atoms with van der Waals surface area (Å²) in [5, 5.41) is 6.96. The number of imidazole rings is 1.